The van der Waals surface area contributed by atoms with E-state index in [2.05, 4.69) is 11.7 Å². The average molecular weight is 459 g/mol. The number of rotatable bonds is 7. The van der Waals surface area contributed by atoms with E-state index in [1.807, 2.05) is 6.08 Å². The molecule has 182 valence electrons. The van der Waals surface area contributed by atoms with E-state index in [0.717, 1.165) is 38.5 Å². The normalized spacial score (nSPS) is 42.9. The molecular weight excluding hydrogens is 420 g/mol. The van der Waals surface area contributed by atoms with E-state index >= 15 is 0 Å². The summed E-state index contributed by atoms with van der Waals surface area (Å²) in [5.41, 5.74) is 0.725. The number of fused-ring (bicyclic) bond motifs is 8. The summed E-state index contributed by atoms with van der Waals surface area (Å²) in [7, 11) is 0. The van der Waals surface area contributed by atoms with E-state index in [1.165, 1.54) is 18.9 Å². The summed E-state index contributed by atoms with van der Waals surface area (Å²) < 4.78 is 9.90. The first-order valence-corrected chi connectivity index (χ1v) is 13.1. The van der Waals surface area contributed by atoms with Crippen LogP contribution in [-0.4, -0.2) is 41.6 Å². The van der Waals surface area contributed by atoms with Gasteiger partial charge in [0.05, 0.1) is 12.2 Å². The van der Waals surface area contributed by atoms with Gasteiger partial charge in [-0.25, -0.2) is 4.79 Å². The molecule has 0 aliphatic heterocycles. The van der Waals surface area contributed by atoms with Crippen LogP contribution < -0.4 is 0 Å². The summed E-state index contributed by atoms with van der Waals surface area (Å²) in [6.45, 7) is 3.41. The molecule has 6 nitrogen and oxygen atoms in total. The van der Waals surface area contributed by atoms with Gasteiger partial charge in [-0.1, -0.05) is 12.5 Å². The Bertz CT molecular complexity index is 863. The van der Waals surface area contributed by atoms with Crippen molar-refractivity contribution >= 4 is 17.7 Å². The highest BCUT2D eigenvalue weighted by Crippen LogP contribution is 2.73. The molecule has 8 atom stereocenters. The predicted molar refractivity (Wildman–Crippen MR) is 121 cm³/mol. The summed E-state index contributed by atoms with van der Waals surface area (Å²) in [6.07, 6.45) is 11.4. The smallest absolute Gasteiger partial charge is 0.344 e. The largest absolute Gasteiger partial charge is 0.463 e. The lowest BCUT2D eigenvalue weighted by Gasteiger charge is -2.57. The molecule has 0 aromatic carbocycles. The lowest BCUT2D eigenvalue weighted by atomic mass is 9.49. The summed E-state index contributed by atoms with van der Waals surface area (Å²) in [5.74, 6) is 3.15. The van der Waals surface area contributed by atoms with Crippen LogP contribution in [-0.2, 0) is 23.9 Å². The van der Waals surface area contributed by atoms with Crippen molar-refractivity contribution < 1.29 is 29.0 Å². The van der Waals surface area contributed by atoms with Crippen LogP contribution in [0, 0.1) is 40.9 Å². The van der Waals surface area contributed by atoms with Crippen LogP contribution in [0.25, 0.3) is 0 Å². The van der Waals surface area contributed by atoms with Gasteiger partial charge in [0.15, 0.2) is 12.4 Å². The first-order chi connectivity index (χ1) is 15.8. The first kappa shape index (κ1) is 23.1. The number of carbonyl (C=O) groups excluding carboxylic acids is 3. The molecule has 1 N–H and O–H groups in total. The van der Waals surface area contributed by atoms with Gasteiger partial charge in [-0.05, 0) is 99.4 Å². The molecule has 5 aliphatic rings. The van der Waals surface area contributed by atoms with Gasteiger partial charge in [-0.2, -0.15) is 0 Å². The SMILES string of the molecule is CC[C@]12CC[C@H]3[C@@H]([C@H]4C[C@H]4C4=CC(=O)CC[C@@H]43)[C@@H]1CC[C@@]2(O)CCCOC(=O)COC(C)=O. The highest BCUT2D eigenvalue weighted by molar-refractivity contribution is 5.91. The second-order valence-electron chi connectivity index (χ2n) is 11.3. The number of hydrogen-bond acceptors (Lipinski definition) is 6. The van der Waals surface area contributed by atoms with E-state index in [-0.39, 0.29) is 18.6 Å². The van der Waals surface area contributed by atoms with Crippen LogP contribution in [0.1, 0.15) is 78.1 Å². The minimum absolute atomic E-state index is 0.0469. The molecule has 0 amide bonds. The Kier molecular flexibility index (Phi) is 5.95. The van der Waals surface area contributed by atoms with Crippen molar-refractivity contribution in [3.05, 3.63) is 11.6 Å². The zero-order valence-corrected chi connectivity index (χ0v) is 20.0. The first-order valence-electron chi connectivity index (χ1n) is 13.1. The number of hydrogen-bond donors (Lipinski definition) is 1. The maximum absolute atomic E-state index is 12.1. The molecule has 0 aromatic heterocycles. The number of allylic oxidation sites excluding steroid dienone is 1. The molecule has 0 heterocycles. The second kappa shape index (κ2) is 8.51. The third-order valence-electron chi connectivity index (χ3n) is 10.1. The van der Waals surface area contributed by atoms with E-state index in [4.69, 9.17) is 4.74 Å². The maximum Gasteiger partial charge on any atom is 0.344 e. The lowest BCUT2D eigenvalue weighted by Crippen LogP contribution is -2.54. The summed E-state index contributed by atoms with van der Waals surface area (Å²) >= 11 is 0. The standard InChI is InChI=1S/C27H38O6/c1-3-26-10-7-19-18-6-5-17(29)13-20(18)21-14-22(21)25(19)23(26)8-11-27(26,31)9-4-12-32-24(30)15-33-16(2)28/h13,18-19,21-23,25,31H,3-12,14-15H2,1-2H3/t18-,19-,21+,22+,23+,25+,26+,27+/m1/s1. The minimum Gasteiger partial charge on any atom is -0.463 e. The lowest BCUT2D eigenvalue weighted by molar-refractivity contribution is -0.159. The Labute approximate surface area is 196 Å². The van der Waals surface area contributed by atoms with Crippen molar-refractivity contribution in [2.45, 2.75) is 83.7 Å². The van der Waals surface area contributed by atoms with Gasteiger partial charge in [-0.3, -0.25) is 9.59 Å². The Balaban J connectivity index is 1.25. The summed E-state index contributed by atoms with van der Waals surface area (Å²) in [6, 6.07) is 0. The van der Waals surface area contributed by atoms with Crippen LogP contribution in [0.2, 0.25) is 0 Å². The molecule has 6 heteroatoms. The molecule has 33 heavy (non-hydrogen) atoms. The molecule has 0 radical (unpaired) electrons. The Morgan fingerprint density at radius 3 is 2.70 bits per heavy atom. The number of ether oxygens (including phenoxy) is 2. The van der Waals surface area contributed by atoms with Crippen LogP contribution in [0.3, 0.4) is 0 Å². The van der Waals surface area contributed by atoms with Crippen LogP contribution >= 0.6 is 0 Å². The maximum atomic E-state index is 12.1. The van der Waals surface area contributed by atoms with Crippen molar-refractivity contribution in [2.24, 2.45) is 40.9 Å². The van der Waals surface area contributed by atoms with E-state index in [0.29, 0.717) is 60.6 Å². The molecule has 5 aliphatic carbocycles. The van der Waals surface area contributed by atoms with Crippen LogP contribution in [0.4, 0.5) is 0 Å². The fourth-order valence-electron chi connectivity index (χ4n) is 8.83. The van der Waals surface area contributed by atoms with Crippen molar-refractivity contribution in [1.82, 2.24) is 0 Å². The summed E-state index contributed by atoms with van der Waals surface area (Å²) in [4.78, 5) is 34.6. The summed E-state index contributed by atoms with van der Waals surface area (Å²) in [5, 5.41) is 12.0. The number of carbonyl (C=O) groups is 3. The minimum atomic E-state index is -0.706. The average Bonchev–Trinajstić information content (AvgIpc) is 3.54. The highest BCUT2D eigenvalue weighted by Gasteiger charge is 2.68. The molecule has 5 rings (SSSR count). The quantitative estimate of drug-likeness (QED) is 0.458. The molecule has 0 aromatic rings. The van der Waals surface area contributed by atoms with Gasteiger partial charge in [0.1, 0.15) is 0 Å². The van der Waals surface area contributed by atoms with Crippen molar-refractivity contribution in [3.8, 4) is 0 Å². The van der Waals surface area contributed by atoms with Crippen molar-refractivity contribution in [3.63, 3.8) is 0 Å². The van der Waals surface area contributed by atoms with Gasteiger partial charge < -0.3 is 14.6 Å². The third-order valence-corrected chi connectivity index (χ3v) is 10.1. The third kappa shape index (κ3) is 3.77. The topological polar surface area (TPSA) is 89.9 Å². The molecule has 0 unspecified atom stereocenters. The fourth-order valence-corrected chi connectivity index (χ4v) is 8.83. The van der Waals surface area contributed by atoms with Gasteiger partial charge >= 0.3 is 11.9 Å². The number of esters is 2. The molecule has 4 saturated carbocycles. The molecule has 0 bridgehead atoms. The number of aliphatic hydroxyl groups is 1. The van der Waals surface area contributed by atoms with Crippen LogP contribution in [0.5, 0.6) is 0 Å². The second-order valence-corrected chi connectivity index (χ2v) is 11.3. The zero-order valence-electron chi connectivity index (χ0n) is 20.0. The van der Waals surface area contributed by atoms with Gasteiger partial charge in [-0.15, -0.1) is 0 Å². The van der Waals surface area contributed by atoms with Crippen LogP contribution in [0.15, 0.2) is 11.6 Å². The van der Waals surface area contributed by atoms with E-state index < -0.39 is 17.5 Å². The molecular formula is C27H38O6. The predicted octanol–water partition coefficient (Wildman–Crippen LogP) is 3.99. The van der Waals surface area contributed by atoms with Gasteiger partial charge in [0.2, 0.25) is 0 Å². The number of ketones is 1. The Hall–Kier alpha value is -1.69. The van der Waals surface area contributed by atoms with Gasteiger partial charge in [0.25, 0.3) is 0 Å². The van der Waals surface area contributed by atoms with E-state index in [1.54, 1.807) is 0 Å². The van der Waals surface area contributed by atoms with Crippen molar-refractivity contribution in [1.29, 1.82) is 0 Å². The molecule has 4 fully saturated rings. The molecule has 0 saturated heterocycles. The molecule has 0 spiro atoms. The Morgan fingerprint density at radius 1 is 1.12 bits per heavy atom. The monoisotopic (exact) mass is 458 g/mol. The zero-order chi connectivity index (χ0) is 23.4. The van der Waals surface area contributed by atoms with Crippen molar-refractivity contribution in [2.75, 3.05) is 13.2 Å². The highest BCUT2D eigenvalue weighted by atomic mass is 16.6. The van der Waals surface area contributed by atoms with Gasteiger partial charge in [0, 0.05) is 18.8 Å². The Morgan fingerprint density at radius 2 is 1.94 bits per heavy atom. The fraction of sp³-hybridized carbons (Fsp3) is 0.815. The van der Waals surface area contributed by atoms with E-state index in [9.17, 15) is 19.5 Å².